The van der Waals surface area contributed by atoms with Crippen LogP contribution in [0.4, 0.5) is 0 Å². The second-order valence-corrected chi connectivity index (χ2v) is 6.82. The van der Waals surface area contributed by atoms with Crippen molar-refractivity contribution < 1.29 is 0 Å². The average molecular weight is 325 g/mol. The zero-order chi connectivity index (χ0) is 17.3. The smallest absolute Gasteiger partial charge is 0.293 e. The first-order chi connectivity index (χ1) is 11.4. The number of benzene rings is 1. The molecule has 24 heavy (non-hydrogen) atoms. The maximum atomic E-state index is 11.7. The van der Waals surface area contributed by atoms with Crippen molar-refractivity contribution in [3.63, 3.8) is 0 Å². The van der Waals surface area contributed by atoms with Crippen molar-refractivity contribution in [1.82, 2.24) is 24.9 Å². The highest BCUT2D eigenvalue weighted by Crippen LogP contribution is 2.29. The van der Waals surface area contributed by atoms with Crippen molar-refractivity contribution in [2.24, 2.45) is 0 Å². The van der Waals surface area contributed by atoms with Crippen LogP contribution in [0.3, 0.4) is 0 Å². The van der Waals surface area contributed by atoms with Gasteiger partial charge in [0.2, 0.25) is 5.65 Å². The van der Waals surface area contributed by atoms with Gasteiger partial charge in [-0.3, -0.25) is 9.20 Å². The monoisotopic (exact) mass is 325 g/mol. The Morgan fingerprint density at radius 2 is 2.00 bits per heavy atom. The highest BCUT2D eigenvalue weighted by Gasteiger charge is 2.24. The molecule has 0 aliphatic heterocycles. The normalized spacial score (nSPS) is 12.2. The van der Waals surface area contributed by atoms with E-state index in [-0.39, 0.29) is 11.1 Å². The van der Waals surface area contributed by atoms with Crippen molar-refractivity contribution in [3.8, 4) is 0 Å². The molecule has 0 fully saturated rings. The van der Waals surface area contributed by atoms with E-state index in [4.69, 9.17) is 0 Å². The largest absolute Gasteiger partial charge is 0.324 e. The summed E-state index contributed by atoms with van der Waals surface area (Å²) in [6, 6.07) is 8.48. The van der Waals surface area contributed by atoms with Crippen LogP contribution in [0, 0.1) is 0 Å². The Balaban J connectivity index is 1.87. The molecule has 2 heterocycles. The second-order valence-electron chi connectivity index (χ2n) is 6.82. The Kier molecular flexibility index (Phi) is 4.24. The molecule has 0 atom stereocenters. The lowest BCUT2D eigenvalue weighted by Crippen LogP contribution is -2.37. The highest BCUT2D eigenvalue weighted by atomic mass is 16.1. The van der Waals surface area contributed by atoms with E-state index < -0.39 is 0 Å². The van der Waals surface area contributed by atoms with Crippen molar-refractivity contribution in [1.29, 1.82) is 0 Å². The number of nitrogens with zero attached hydrogens (tertiary/aromatic N) is 3. The van der Waals surface area contributed by atoms with Crippen LogP contribution in [-0.4, -0.2) is 19.6 Å². The average Bonchev–Trinajstić information content (AvgIpc) is 2.98. The first-order valence-corrected chi connectivity index (χ1v) is 8.16. The molecule has 0 radical (unpaired) electrons. The summed E-state index contributed by atoms with van der Waals surface area (Å²) in [5.74, 6) is 1.17. The van der Waals surface area contributed by atoms with Crippen LogP contribution in [0.2, 0.25) is 0 Å². The first-order valence-electron chi connectivity index (χ1n) is 8.16. The Morgan fingerprint density at radius 1 is 1.25 bits per heavy atom. The van der Waals surface area contributed by atoms with Crippen molar-refractivity contribution in [2.75, 3.05) is 0 Å². The Morgan fingerprint density at radius 3 is 2.75 bits per heavy atom. The van der Waals surface area contributed by atoms with Gasteiger partial charge < -0.3 is 10.3 Å². The molecule has 0 spiro atoms. The van der Waals surface area contributed by atoms with Crippen LogP contribution in [0.25, 0.3) is 5.65 Å². The molecule has 6 heteroatoms. The third-order valence-electron chi connectivity index (χ3n) is 4.35. The summed E-state index contributed by atoms with van der Waals surface area (Å²) in [5.41, 5.74) is 2.45. The van der Waals surface area contributed by atoms with Crippen LogP contribution < -0.4 is 10.9 Å². The third-order valence-corrected chi connectivity index (χ3v) is 4.35. The summed E-state index contributed by atoms with van der Waals surface area (Å²) < 4.78 is 1.72. The summed E-state index contributed by atoms with van der Waals surface area (Å²) in [5, 5.41) is 11.7. The molecular weight excluding hydrogens is 302 g/mol. The summed E-state index contributed by atoms with van der Waals surface area (Å²) in [4.78, 5) is 14.3. The van der Waals surface area contributed by atoms with E-state index in [2.05, 4.69) is 72.5 Å². The molecule has 0 amide bonds. The van der Waals surface area contributed by atoms with Crippen LogP contribution in [0.15, 0.2) is 41.5 Å². The van der Waals surface area contributed by atoms with E-state index >= 15 is 0 Å². The van der Waals surface area contributed by atoms with E-state index in [1.807, 2.05) is 0 Å². The van der Waals surface area contributed by atoms with Crippen LogP contribution >= 0.6 is 0 Å². The van der Waals surface area contributed by atoms with E-state index in [0.717, 1.165) is 0 Å². The Bertz CT molecular complexity index is 907. The minimum absolute atomic E-state index is 0.228. The van der Waals surface area contributed by atoms with E-state index in [1.165, 1.54) is 11.1 Å². The van der Waals surface area contributed by atoms with Crippen LogP contribution in [-0.2, 0) is 12.1 Å². The summed E-state index contributed by atoms with van der Waals surface area (Å²) in [6.45, 7) is 9.24. The summed E-state index contributed by atoms with van der Waals surface area (Å²) >= 11 is 0. The molecule has 0 bridgehead atoms. The number of H-pyrrole nitrogens is 1. The third kappa shape index (κ3) is 2.97. The quantitative estimate of drug-likeness (QED) is 0.756. The van der Waals surface area contributed by atoms with Gasteiger partial charge in [-0.25, -0.2) is 0 Å². The van der Waals surface area contributed by atoms with Gasteiger partial charge >= 0.3 is 0 Å². The van der Waals surface area contributed by atoms with Crippen molar-refractivity contribution in [2.45, 2.75) is 45.7 Å². The zero-order valence-corrected chi connectivity index (χ0v) is 14.5. The van der Waals surface area contributed by atoms with Gasteiger partial charge in [0.15, 0.2) is 5.82 Å². The molecule has 0 aliphatic carbocycles. The maximum Gasteiger partial charge on any atom is 0.293 e. The molecule has 0 saturated carbocycles. The van der Waals surface area contributed by atoms with E-state index in [0.29, 0.717) is 23.9 Å². The van der Waals surface area contributed by atoms with Crippen molar-refractivity contribution in [3.05, 3.63) is 64.0 Å². The van der Waals surface area contributed by atoms with Gasteiger partial charge in [0.05, 0.1) is 6.54 Å². The summed E-state index contributed by atoms with van der Waals surface area (Å²) in [6.07, 6.45) is 3.37. The lowest BCUT2D eigenvalue weighted by atomic mass is 9.85. The summed E-state index contributed by atoms with van der Waals surface area (Å²) in [7, 11) is 0. The van der Waals surface area contributed by atoms with Gasteiger partial charge in [0.25, 0.3) is 5.56 Å². The van der Waals surface area contributed by atoms with Gasteiger partial charge in [0.1, 0.15) is 0 Å². The molecule has 1 aromatic carbocycles. The van der Waals surface area contributed by atoms with Gasteiger partial charge in [-0.15, -0.1) is 10.2 Å². The second kappa shape index (κ2) is 6.20. The number of rotatable bonds is 5. The van der Waals surface area contributed by atoms with Gasteiger partial charge in [-0.05, 0) is 30.9 Å². The minimum Gasteiger partial charge on any atom is -0.324 e. The minimum atomic E-state index is -0.235. The van der Waals surface area contributed by atoms with Gasteiger partial charge in [0, 0.05) is 17.9 Å². The number of fused-ring (bicyclic) bond motifs is 1. The molecule has 2 N–H and O–H groups in total. The first kappa shape index (κ1) is 16.4. The fraction of sp³-hybridized carbons (Fsp3) is 0.389. The lowest BCUT2D eigenvalue weighted by molar-refractivity contribution is 0.390. The number of hydrogen-bond donors (Lipinski definition) is 2. The predicted molar refractivity (Wildman–Crippen MR) is 94.0 cm³/mol. The molecule has 3 rings (SSSR count). The Hall–Kier alpha value is -2.47. The molecule has 0 aliphatic rings. The lowest BCUT2D eigenvalue weighted by Gasteiger charge is -2.30. The fourth-order valence-corrected chi connectivity index (χ4v) is 2.97. The molecule has 0 unspecified atom stereocenters. The highest BCUT2D eigenvalue weighted by molar-refractivity contribution is 5.36. The molecular formula is C18H23N5O. The number of aromatic nitrogens is 4. The number of aromatic amines is 1. The van der Waals surface area contributed by atoms with Gasteiger partial charge in [-0.1, -0.05) is 38.1 Å². The standard InChI is InChI=1S/C18H23N5O/c1-12(2)13-7-5-6-8-14(13)18(3,4)20-11-15-21-22-16-17(24)19-9-10-23(15)16/h5-10,12,20H,11H2,1-4H3,(H,19,24). The topological polar surface area (TPSA) is 75.1 Å². The van der Waals surface area contributed by atoms with E-state index in [9.17, 15) is 4.79 Å². The number of nitrogens with one attached hydrogen (secondary N) is 2. The van der Waals surface area contributed by atoms with Crippen LogP contribution in [0.1, 0.15) is 50.6 Å². The van der Waals surface area contributed by atoms with Gasteiger partial charge in [-0.2, -0.15) is 0 Å². The predicted octanol–water partition coefficient (Wildman–Crippen LogP) is 2.57. The van der Waals surface area contributed by atoms with Crippen LogP contribution in [0.5, 0.6) is 0 Å². The fourth-order valence-electron chi connectivity index (χ4n) is 2.97. The zero-order valence-electron chi connectivity index (χ0n) is 14.5. The molecule has 0 saturated heterocycles. The molecule has 6 nitrogen and oxygen atoms in total. The van der Waals surface area contributed by atoms with E-state index in [1.54, 1.807) is 16.8 Å². The molecule has 126 valence electrons. The molecule has 3 aromatic rings. The number of hydrogen-bond acceptors (Lipinski definition) is 4. The van der Waals surface area contributed by atoms with Crippen molar-refractivity contribution >= 4 is 5.65 Å². The maximum absolute atomic E-state index is 11.7. The molecule has 2 aromatic heterocycles. The Labute approximate surface area is 141 Å². The SMILES string of the molecule is CC(C)c1ccccc1C(C)(C)NCc1nnc2c(=O)[nH]ccn12.